The maximum atomic E-state index is 5.70. The van der Waals surface area contributed by atoms with Crippen LogP contribution in [0.3, 0.4) is 0 Å². The highest BCUT2D eigenvalue weighted by molar-refractivity contribution is 8.82. The van der Waals surface area contributed by atoms with Crippen molar-refractivity contribution in [2.24, 2.45) is 10.9 Å². The number of para-hydroxylation sites is 1. The molecule has 0 heterocycles. The monoisotopic (exact) mass is 269 g/mol. The Morgan fingerprint density at radius 1 is 1.29 bits per heavy atom. The lowest BCUT2D eigenvalue weighted by molar-refractivity contribution is 0.267. The molecule has 0 aromatic heterocycles. The fourth-order valence-corrected chi connectivity index (χ4v) is 2.42. The van der Waals surface area contributed by atoms with Crippen LogP contribution in [0.25, 0.3) is 0 Å². The highest BCUT2D eigenvalue weighted by Gasteiger charge is 2.04. The van der Waals surface area contributed by atoms with Crippen molar-refractivity contribution in [1.82, 2.24) is 0 Å². The summed E-state index contributed by atoms with van der Waals surface area (Å²) in [6.07, 6.45) is 0. The summed E-state index contributed by atoms with van der Waals surface area (Å²) in [7, 11) is 3.35. The van der Waals surface area contributed by atoms with Gasteiger partial charge in [0.1, 0.15) is 0 Å². The molecular formula is C13H19NOS2. The van der Waals surface area contributed by atoms with Gasteiger partial charge in [0.25, 0.3) is 5.23 Å². The predicted molar refractivity (Wildman–Crippen MR) is 80.1 cm³/mol. The zero-order valence-electron chi connectivity index (χ0n) is 10.6. The largest absolute Gasteiger partial charge is 0.472 e. The number of hydrogen-bond acceptors (Lipinski definition) is 4. The summed E-state index contributed by atoms with van der Waals surface area (Å²) >= 11 is 0. The van der Waals surface area contributed by atoms with E-state index in [0.717, 1.165) is 16.7 Å². The second kappa shape index (κ2) is 8.48. The molecule has 0 amide bonds. The number of ether oxygens (including phenoxy) is 1. The summed E-state index contributed by atoms with van der Waals surface area (Å²) in [5.74, 6) is 1.56. The van der Waals surface area contributed by atoms with E-state index >= 15 is 0 Å². The number of benzene rings is 1. The Morgan fingerprint density at radius 3 is 2.59 bits per heavy atom. The van der Waals surface area contributed by atoms with E-state index in [4.69, 9.17) is 4.74 Å². The van der Waals surface area contributed by atoms with Crippen molar-refractivity contribution < 1.29 is 4.74 Å². The number of aliphatic imine (C=N–C) groups is 1. The quantitative estimate of drug-likeness (QED) is 0.437. The van der Waals surface area contributed by atoms with E-state index < -0.39 is 0 Å². The Labute approximate surface area is 112 Å². The summed E-state index contributed by atoms with van der Waals surface area (Å²) in [5, 5.41) is 0.747. The van der Waals surface area contributed by atoms with Crippen LogP contribution in [0.15, 0.2) is 35.3 Å². The van der Waals surface area contributed by atoms with Crippen LogP contribution in [0.2, 0.25) is 0 Å². The van der Waals surface area contributed by atoms with E-state index in [0.29, 0.717) is 12.5 Å². The number of nitrogens with zero attached hydrogens (tertiary/aromatic N) is 1. The normalized spacial score (nSPS) is 11.9. The smallest absolute Gasteiger partial charge is 0.261 e. The summed E-state index contributed by atoms with van der Waals surface area (Å²) in [5.41, 5.74) is 0.940. The van der Waals surface area contributed by atoms with Crippen LogP contribution in [-0.4, -0.2) is 17.6 Å². The summed E-state index contributed by atoms with van der Waals surface area (Å²) in [4.78, 5) is 4.50. The van der Waals surface area contributed by atoms with Crippen LogP contribution in [0.1, 0.15) is 20.8 Å². The molecule has 1 aromatic rings. The standard InChI is InChI=1S/C13H19NOS2/c1-4-16-17-13(15-10-11(2)3)14-12-8-6-5-7-9-12/h5-9,11H,4,10H2,1-3H3. The molecule has 0 N–H and O–H groups in total. The molecule has 17 heavy (non-hydrogen) atoms. The average Bonchev–Trinajstić information content (AvgIpc) is 2.34. The molecule has 1 aromatic carbocycles. The van der Waals surface area contributed by atoms with Crippen molar-refractivity contribution in [3.63, 3.8) is 0 Å². The highest BCUT2D eigenvalue weighted by Crippen LogP contribution is 2.26. The van der Waals surface area contributed by atoms with Crippen LogP contribution in [0.4, 0.5) is 5.69 Å². The van der Waals surface area contributed by atoms with Gasteiger partial charge in [-0.1, -0.05) is 49.8 Å². The SMILES string of the molecule is CCSSC(=Nc1ccccc1)OCC(C)C. The minimum Gasteiger partial charge on any atom is -0.472 e. The molecule has 1 rings (SSSR count). The molecular weight excluding hydrogens is 250 g/mol. The molecule has 0 spiro atoms. The second-order valence-corrected chi connectivity index (χ2v) is 6.44. The van der Waals surface area contributed by atoms with Crippen molar-refractivity contribution in [2.75, 3.05) is 12.4 Å². The summed E-state index contributed by atoms with van der Waals surface area (Å²) in [6, 6.07) is 9.92. The predicted octanol–water partition coefficient (Wildman–Crippen LogP) is 4.75. The summed E-state index contributed by atoms with van der Waals surface area (Å²) in [6.45, 7) is 7.11. The molecule has 0 bridgehead atoms. The second-order valence-electron chi connectivity index (χ2n) is 3.91. The van der Waals surface area contributed by atoms with Gasteiger partial charge in [-0.3, -0.25) is 0 Å². The third kappa shape index (κ3) is 6.64. The first-order valence-electron chi connectivity index (χ1n) is 5.78. The van der Waals surface area contributed by atoms with Gasteiger partial charge in [0, 0.05) is 16.5 Å². The van der Waals surface area contributed by atoms with Crippen molar-refractivity contribution >= 4 is 32.5 Å². The molecule has 0 aliphatic carbocycles. The van der Waals surface area contributed by atoms with Crippen molar-refractivity contribution in [1.29, 1.82) is 0 Å². The van der Waals surface area contributed by atoms with Crippen molar-refractivity contribution in [2.45, 2.75) is 20.8 Å². The Balaban J connectivity index is 2.64. The van der Waals surface area contributed by atoms with Crippen LogP contribution >= 0.6 is 21.6 Å². The molecule has 0 fully saturated rings. The fourth-order valence-electron chi connectivity index (χ4n) is 1.03. The minimum absolute atomic E-state index is 0.517. The number of rotatable bonds is 5. The van der Waals surface area contributed by atoms with Gasteiger partial charge in [0.15, 0.2) is 0 Å². The third-order valence-corrected chi connectivity index (χ3v) is 3.96. The molecule has 0 radical (unpaired) electrons. The third-order valence-electron chi connectivity index (χ3n) is 1.76. The van der Waals surface area contributed by atoms with E-state index in [1.165, 1.54) is 0 Å². The van der Waals surface area contributed by atoms with E-state index in [2.05, 4.69) is 25.8 Å². The lowest BCUT2D eigenvalue weighted by atomic mass is 10.2. The Bertz CT molecular complexity index is 339. The van der Waals surface area contributed by atoms with Crippen LogP contribution in [0.5, 0.6) is 0 Å². The van der Waals surface area contributed by atoms with Gasteiger partial charge in [-0.05, 0) is 18.1 Å². The maximum Gasteiger partial charge on any atom is 0.261 e. The van der Waals surface area contributed by atoms with Gasteiger partial charge < -0.3 is 4.74 Å². The molecule has 0 saturated heterocycles. The Hall–Kier alpha value is -0.610. The molecule has 0 aliphatic heterocycles. The van der Waals surface area contributed by atoms with Gasteiger partial charge in [-0.15, -0.1) is 0 Å². The van der Waals surface area contributed by atoms with E-state index in [9.17, 15) is 0 Å². The molecule has 0 saturated carbocycles. The lowest BCUT2D eigenvalue weighted by Gasteiger charge is -2.09. The first-order chi connectivity index (χ1) is 8.22. The van der Waals surface area contributed by atoms with Gasteiger partial charge in [-0.2, -0.15) is 0 Å². The zero-order valence-corrected chi connectivity index (χ0v) is 12.2. The van der Waals surface area contributed by atoms with Crippen molar-refractivity contribution in [3.05, 3.63) is 30.3 Å². The Morgan fingerprint density at radius 2 is 2.00 bits per heavy atom. The van der Waals surface area contributed by atoms with Crippen LogP contribution in [0, 0.1) is 5.92 Å². The Kier molecular flexibility index (Phi) is 7.21. The van der Waals surface area contributed by atoms with Crippen LogP contribution < -0.4 is 0 Å². The van der Waals surface area contributed by atoms with Crippen molar-refractivity contribution in [3.8, 4) is 0 Å². The highest BCUT2D eigenvalue weighted by atomic mass is 33.1. The lowest BCUT2D eigenvalue weighted by Crippen LogP contribution is -2.06. The van der Waals surface area contributed by atoms with E-state index in [1.54, 1.807) is 21.6 Å². The topological polar surface area (TPSA) is 21.6 Å². The maximum absolute atomic E-state index is 5.70. The first kappa shape index (κ1) is 14.5. The molecule has 0 aliphatic rings. The van der Waals surface area contributed by atoms with Crippen LogP contribution in [-0.2, 0) is 4.74 Å². The molecule has 94 valence electrons. The van der Waals surface area contributed by atoms with Gasteiger partial charge in [0.05, 0.1) is 12.3 Å². The zero-order chi connectivity index (χ0) is 12.5. The first-order valence-corrected chi connectivity index (χ1v) is 8.10. The minimum atomic E-state index is 0.517. The molecule has 0 unspecified atom stereocenters. The van der Waals surface area contributed by atoms with E-state index in [1.807, 2.05) is 30.3 Å². The average molecular weight is 269 g/mol. The van der Waals surface area contributed by atoms with E-state index in [-0.39, 0.29) is 0 Å². The van der Waals surface area contributed by atoms with Gasteiger partial charge in [-0.25, -0.2) is 4.99 Å². The molecule has 0 atom stereocenters. The summed E-state index contributed by atoms with van der Waals surface area (Å²) < 4.78 is 5.70. The fraction of sp³-hybridized carbons (Fsp3) is 0.462. The van der Waals surface area contributed by atoms with Gasteiger partial charge in [0.2, 0.25) is 0 Å². The number of hydrogen-bond donors (Lipinski definition) is 0. The van der Waals surface area contributed by atoms with Gasteiger partial charge >= 0.3 is 0 Å². The molecule has 4 heteroatoms. The molecule has 2 nitrogen and oxygen atoms in total.